The molecule has 0 saturated heterocycles. The molecule has 6 rings (SSSR count). The van der Waals surface area contributed by atoms with Gasteiger partial charge in [-0.3, -0.25) is 4.79 Å². The summed E-state index contributed by atoms with van der Waals surface area (Å²) < 4.78 is 20.8. The molecule has 1 heterocycles. The van der Waals surface area contributed by atoms with E-state index in [2.05, 4.69) is 24.4 Å². The number of carbonyl (C=O) groups is 1. The summed E-state index contributed by atoms with van der Waals surface area (Å²) in [4.78, 5) is 13.2. The summed E-state index contributed by atoms with van der Waals surface area (Å²) in [5, 5.41) is 8.06. The first kappa shape index (κ1) is 26.1. The van der Waals surface area contributed by atoms with Crippen LogP contribution < -0.4 is 10.1 Å². The Labute approximate surface area is 234 Å². The van der Waals surface area contributed by atoms with Gasteiger partial charge in [0.1, 0.15) is 11.6 Å². The third-order valence-corrected chi connectivity index (χ3v) is 8.49. The molecule has 6 heteroatoms. The molecule has 1 N–H and O–H groups in total. The van der Waals surface area contributed by atoms with Crippen LogP contribution >= 0.6 is 0 Å². The lowest BCUT2D eigenvalue weighted by Gasteiger charge is -2.30. The van der Waals surface area contributed by atoms with Crippen LogP contribution in [0.15, 0.2) is 96.2 Å². The molecule has 1 unspecified atom stereocenters. The molecular formula is C34H34FN3O2. The van der Waals surface area contributed by atoms with Gasteiger partial charge < -0.3 is 10.1 Å². The Bertz CT molecular complexity index is 1540. The van der Waals surface area contributed by atoms with Crippen molar-refractivity contribution in [1.29, 1.82) is 0 Å². The van der Waals surface area contributed by atoms with E-state index in [-0.39, 0.29) is 23.7 Å². The van der Waals surface area contributed by atoms with Gasteiger partial charge in [-0.2, -0.15) is 5.10 Å². The van der Waals surface area contributed by atoms with Crippen molar-refractivity contribution in [2.75, 3.05) is 7.11 Å². The number of allylic oxidation sites excluding steroid dienone is 2. The van der Waals surface area contributed by atoms with Crippen molar-refractivity contribution >= 4 is 5.91 Å². The van der Waals surface area contributed by atoms with E-state index < -0.39 is 0 Å². The maximum absolute atomic E-state index is 13.5. The van der Waals surface area contributed by atoms with Gasteiger partial charge in [-0.1, -0.05) is 60.5 Å². The second-order valence-corrected chi connectivity index (χ2v) is 10.9. The van der Waals surface area contributed by atoms with Crippen LogP contribution in [0.3, 0.4) is 0 Å². The molecule has 1 amide bonds. The maximum Gasteiger partial charge on any atom is 0.224 e. The summed E-state index contributed by atoms with van der Waals surface area (Å²) in [5.41, 5.74) is 8.39. The number of nitrogens with zero attached hydrogens (tertiary/aromatic N) is 2. The summed E-state index contributed by atoms with van der Waals surface area (Å²) in [7, 11) is 1.64. The largest absolute Gasteiger partial charge is 0.497 e. The molecule has 204 valence electrons. The van der Waals surface area contributed by atoms with E-state index in [0.717, 1.165) is 48.2 Å². The average molecular weight is 536 g/mol. The number of hydrogen-bond donors (Lipinski definition) is 1. The van der Waals surface area contributed by atoms with Crippen molar-refractivity contribution in [3.05, 3.63) is 124 Å². The fraction of sp³-hybridized carbons (Fsp3) is 0.294. The van der Waals surface area contributed by atoms with Gasteiger partial charge in [0.05, 0.1) is 37.2 Å². The molecular weight excluding hydrogens is 501 g/mol. The van der Waals surface area contributed by atoms with Gasteiger partial charge in [-0.25, -0.2) is 9.07 Å². The molecule has 0 fully saturated rings. The van der Waals surface area contributed by atoms with Crippen molar-refractivity contribution in [2.45, 2.75) is 51.0 Å². The third kappa shape index (κ3) is 5.18. The van der Waals surface area contributed by atoms with E-state index in [0.29, 0.717) is 12.3 Å². The summed E-state index contributed by atoms with van der Waals surface area (Å²) in [5.74, 6) is 1.15. The van der Waals surface area contributed by atoms with Gasteiger partial charge >= 0.3 is 0 Å². The van der Waals surface area contributed by atoms with Gasteiger partial charge in [-0.15, -0.1) is 0 Å². The molecule has 2 aliphatic carbocycles. The fourth-order valence-corrected chi connectivity index (χ4v) is 6.59. The molecule has 4 aromatic rings. The molecule has 40 heavy (non-hydrogen) atoms. The summed E-state index contributed by atoms with van der Waals surface area (Å²) >= 11 is 0. The number of aromatic nitrogens is 2. The van der Waals surface area contributed by atoms with Gasteiger partial charge in [0.2, 0.25) is 5.91 Å². The number of halogens is 1. The second-order valence-electron chi connectivity index (χ2n) is 10.9. The van der Waals surface area contributed by atoms with Crippen LogP contribution in [0.2, 0.25) is 0 Å². The Balaban J connectivity index is 1.22. The first-order valence-corrected chi connectivity index (χ1v) is 14.0. The molecule has 0 aliphatic heterocycles. The number of amides is 1. The third-order valence-electron chi connectivity index (χ3n) is 8.49. The Kier molecular flexibility index (Phi) is 7.25. The standard InChI is InChI=1S/C34H34FN3O2/c1-22-30-21-36-38(28-15-13-27(35)14-16-28)32(30)20-26-12-11-25(34(22)26)19-31(24-8-4-3-5-9-24)37-33(39)18-23-7-6-10-29(17-23)40-2/h3-10,13-17,21-22,25,31H,11-12,18-20H2,1-2H3,(H,37,39)/t22-,25+,31?/m0/s1. The fourth-order valence-electron chi connectivity index (χ4n) is 6.59. The van der Waals surface area contributed by atoms with E-state index in [4.69, 9.17) is 9.84 Å². The number of rotatable bonds is 8. The molecule has 2 aliphatic rings. The highest BCUT2D eigenvalue weighted by Gasteiger charge is 2.37. The molecule has 0 spiro atoms. The van der Waals surface area contributed by atoms with Crippen LogP contribution in [0.5, 0.6) is 5.75 Å². The molecule has 3 atom stereocenters. The van der Waals surface area contributed by atoms with Crippen LogP contribution in [0.1, 0.15) is 60.5 Å². The number of ether oxygens (including phenoxy) is 1. The van der Waals surface area contributed by atoms with Crippen LogP contribution in [-0.4, -0.2) is 22.8 Å². The average Bonchev–Trinajstić information content (AvgIpc) is 3.58. The monoisotopic (exact) mass is 535 g/mol. The van der Waals surface area contributed by atoms with Crippen LogP contribution in [0.25, 0.3) is 5.69 Å². The number of nitrogens with one attached hydrogen (secondary N) is 1. The lowest BCUT2D eigenvalue weighted by molar-refractivity contribution is -0.121. The molecule has 0 saturated carbocycles. The van der Waals surface area contributed by atoms with Gasteiger partial charge in [0.15, 0.2) is 0 Å². The SMILES string of the molecule is COc1cccc(CC(=O)NC(C[C@H]2CCC3=C2[C@@H](C)c2cnn(-c4ccc(F)cc4)c2C3)c2ccccc2)c1. The number of carbonyl (C=O) groups excluding carboxylic acids is 1. The van der Waals surface area contributed by atoms with Crippen molar-refractivity contribution in [2.24, 2.45) is 5.92 Å². The van der Waals surface area contributed by atoms with Crippen molar-refractivity contribution in [1.82, 2.24) is 15.1 Å². The van der Waals surface area contributed by atoms with Crippen molar-refractivity contribution < 1.29 is 13.9 Å². The number of methoxy groups -OCH3 is 1. The molecule has 3 aromatic carbocycles. The van der Waals surface area contributed by atoms with E-state index in [1.807, 2.05) is 53.3 Å². The zero-order chi connectivity index (χ0) is 27.6. The van der Waals surface area contributed by atoms with Gasteiger partial charge in [-0.05, 0) is 72.7 Å². The van der Waals surface area contributed by atoms with Crippen molar-refractivity contribution in [3.63, 3.8) is 0 Å². The Morgan fingerprint density at radius 1 is 1.10 bits per heavy atom. The number of benzene rings is 3. The molecule has 1 aromatic heterocycles. The highest BCUT2D eigenvalue weighted by molar-refractivity contribution is 5.79. The minimum absolute atomic E-state index is 0.00820. The summed E-state index contributed by atoms with van der Waals surface area (Å²) in [6.45, 7) is 2.28. The van der Waals surface area contributed by atoms with Crippen LogP contribution in [0, 0.1) is 11.7 Å². The lowest BCUT2D eigenvalue weighted by Crippen LogP contribution is -2.31. The predicted molar refractivity (Wildman–Crippen MR) is 154 cm³/mol. The van der Waals surface area contributed by atoms with E-state index in [1.165, 1.54) is 34.5 Å². The zero-order valence-electron chi connectivity index (χ0n) is 22.9. The second kappa shape index (κ2) is 11.1. The summed E-state index contributed by atoms with van der Waals surface area (Å²) in [6.07, 6.45) is 6.14. The topological polar surface area (TPSA) is 56.1 Å². The first-order valence-electron chi connectivity index (χ1n) is 14.0. The number of hydrogen-bond acceptors (Lipinski definition) is 3. The van der Waals surface area contributed by atoms with E-state index in [1.54, 1.807) is 19.2 Å². The Morgan fingerprint density at radius 2 is 1.90 bits per heavy atom. The van der Waals surface area contributed by atoms with Gasteiger partial charge in [0.25, 0.3) is 0 Å². The smallest absolute Gasteiger partial charge is 0.224 e. The van der Waals surface area contributed by atoms with Gasteiger partial charge in [0, 0.05) is 17.9 Å². The highest BCUT2D eigenvalue weighted by atomic mass is 19.1. The number of fused-ring (bicyclic) bond motifs is 1. The maximum atomic E-state index is 13.5. The minimum atomic E-state index is -0.245. The predicted octanol–water partition coefficient (Wildman–Crippen LogP) is 6.88. The summed E-state index contributed by atoms with van der Waals surface area (Å²) in [6, 6.07) is 24.4. The Hall–Kier alpha value is -4.19. The van der Waals surface area contributed by atoms with E-state index >= 15 is 0 Å². The zero-order valence-corrected chi connectivity index (χ0v) is 22.9. The van der Waals surface area contributed by atoms with Crippen molar-refractivity contribution in [3.8, 4) is 11.4 Å². The van der Waals surface area contributed by atoms with E-state index in [9.17, 15) is 9.18 Å². The minimum Gasteiger partial charge on any atom is -0.497 e. The molecule has 0 bridgehead atoms. The van der Waals surface area contributed by atoms with Crippen LogP contribution in [0.4, 0.5) is 4.39 Å². The first-order chi connectivity index (χ1) is 19.5. The molecule has 5 nitrogen and oxygen atoms in total. The lowest BCUT2D eigenvalue weighted by atomic mass is 9.77. The van der Waals surface area contributed by atoms with Crippen LogP contribution in [-0.2, 0) is 17.6 Å². The normalized spacial score (nSPS) is 18.7. The molecule has 0 radical (unpaired) electrons. The Morgan fingerprint density at radius 3 is 2.67 bits per heavy atom. The quantitative estimate of drug-likeness (QED) is 0.250. The highest BCUT2D eigenvalue weighted by Crippen LogP contribution is 2.49.